The SMILES string of the molecule is CCc1ccc(CC(=O)N(CC2CCCO2)c2nc3cc(C)cc(C)c3s2)cc1. The van der Waals surface area contributed by atoms with Gasteiger partial charge in [-0.05, 0) is 61.4 Å². The number of thiazole rings is 1. The van der Waals surface area contributed by atoms with E-state index in [9.17, 15) is 4.79 Å². The maximum absolute atomic E-state index is 13.3. The van der Waals surface area contributed by atoms with Crippen molar-refractivity contribution in [3.63, 3.8) is 0 Å². The minimum absolute atomic E-state index is 0.0816. The summed E-state index contributed by atoms with van der Waals surface area (Å²) < 4.78 is 6.99. The summed E-state index contributed by atoms with van der Waals surface area (Å²) in [4.78, 5) is 20.0. The summed E-state index contributed by atoms with van der Waals surface area (Å²) in [7, 11) is 0. The molecule has 152 valence electrons. The van der Waals surface area contributed by atoms with E-state index >= 15 is 0 Å². The zero-order valence-electron chi connectivity index (χ0n) is 17.4. The van der Waals surface area contributed by atoms with Crippen LogP contribution in [0, 0.1) is 13.8 Å². The number of fused-ring (bicyclic) bond motifs is 1. The molecular formula is C24H28N2O2S. The van der Waals surface area contributed by atoms with Gasteiger partial charge in [0, 0.05) is 6.61 Å². The molecule has 0 N–H and O–H groups in total. The zero-order chi connectivity index (χ0) is 20.4. The Bertz CT molecular complexity index is 1000. The summed E-state index contributed by atoms with van der Waals surface area (Å²) in [6.07, 6.45) is 3.53. The molecular weight excluding hydrogens is 380 g/mol. The maximum Gasteiger partial charge on any atom is 0.233 e. The van der Waals surface area contributed by atoms with Gasteiger partial charge in [0.15, 0.2) is 5.13 Å². The van der Waals surface area contributed by atoms with Crippen molar-refractivity contribution < 1.29 is 9.53 Å². The van der Waals surface area contributed by atoms with Gasteiger partial charge in [0.2, 0.25) is 5.91 Å². The number of rotatable bonds is 6. The second kappa shape index (κ2) is 8.64. The van der Waals surface area contributed by atoms with Gasteiger partial charge in [-0.3, -0.25) is 9.69 Å². The normalized spacial score (nSPS) is 16.4. The average Bonchev–Trinajstić information content (AvgIpc) is 3.36. The fourth-order valence-corrected chi connectivity index (χ4v) is 4.96. The van der Waals surface area contributed by atoms with E-state index in [0.29, 0.717) is 13.0 Å². The van der Waals surface area contributed by atoms with Gasteiger partial charge in [-0.25, -0.2) is 4.98 Å². The van der Waals surface area contributed by atoms with Crippen molar-refractivity contribution in [1.29, 1.82) is 0 Å². The molecule has 0 bridgehead atoms. The molecule has 5 heteroatoms. The Morgan fingerprint density at radius 3 is 2.66 bits per heavy atom. The van der Waals surface area contributed by atoms with Crippen LogP contribution in [0.15, 0.2) is 36.4 Å². The molecule has 1 aromatic heterocycles. The fourth-order valence-electron chi connectivity index (χ4n) is 3.92. The number of carbonyl (C=O) groups excluding carboxylic acids is 1. The molecule has 1 aliphatic rings. The number of nitrogens with zero attached hydrogens (tertiary/aromatic N) is 2. The second-order valence-electron chi connectivity index (χ2n) is 7.91. The standard InChI is InChI=1S/C24H28N2O2S/c1-4-18-7-9-19(10-8-18)14-22(27)26(15-20-6-5-11-28-20)24-25-21-13-16(2)12-17(3)23(21)29-24/h7-10,12-13,20H,4-6,11,14-15H2,1-3H3. The fraction of sp³-hybridized carbons (Fsp3) is 0.417. The van der Waals surface area contributed by atoms with Crippen molar-refractivity contribution in [3.05, 3.63) is 58.7 Å². The zero-order valence-corrected chi connectivity index (χ0v) is 18.2. The Kier molecular flexibility index (Phi) is 5.97. The van der Waals surface area contributed by atoms with Crippen LogP contribution in [-0.2, 0) is 22.4 Å². The highest BCUT2D eigenvalue weighted by atomic mass is 32.1. The van der Waals surface area contributed by atoms with Gasteiger partial charge < -0.3 is 4.74 Å². The summed E-state index contributed by atoms with van der Waals surface area (Å²) in [5.74, 6) is 0.0816. The summed E-state index contributed by atoms with van der Waals surface area (Å²) in [6.45, 7) is 7.69. The van der Waals surface area contributed by atoms with Crippen LogP contribution in [0.3, 0.4) is 0 Å². The molecule has 1 fully saturated rings. The highest BCUT2D eigenvalue weighted by Gasteiger charge is 2.26. The maximum atomic E-state index is 13.3. The smallest absolute Gasteiger partial charge is 0.233 e. The number of hydrogen-bond acceptors (Lipinski definition) is 4. The molecule has 4 rings (SSSR count). The van der Waals surface area contributed by atoms with Crippen molar-refractivity contribution in [2.24, 2.45) is 0 Å². The molecule has 29 heavy (non-hydrogen) atoms. The number of aromatic nitrogens is 1. The summed E-state index contributed by atoms with van der Waals surface area (Å²) in [5.41, 5.74) is 5.70. The first kappa shape index (κ1) is 20.0. The minimum Gasteiger partial charge on any atom is -0.376 e. The predicted octanol–water partition coefficient (Wildman–Crippen LogP) is 5.23. The largest absolute Gasteiger partial charge is 0.376 e. The minimum atomic E-state index is 0.0816. The van der Waals surface area contributed by atoms with Crippen LogP contribution < -0.4 is 4.90 Å². The Morgan fingerprint density at radius 1 is 1.21 bits per heavy atom. The van der Waals surface area contributed by atoms with Crippen LogP contribution >= 0.6 is 11.3 Å². The second-order valence-corrected chi connectivity index (χ2v) is 8.89. The van der Waals surface area contributed by atoms with Crippen molar-refractivity contribution in [2.75, 3.05) is 18.1 Å². The van der Waals surface area contributed by atoms with Gasteiger partial charge in [0.05, 0.1) is 29.3 Å². The highest BCUT2D eigenvalue weighted by Crippen LogP contribution is 2.33. The molecule has 1 atom stereocenters. The molecule has 0 radical (unpaired) electrons. The van der Waals surface area contributed by atoms with E-state index in [1.165, 1.54) is 16.7 Å². The van der Waals surface area contributed by atoms with Crippen molar-refractivity contribution in [2.45, 2.75) is 52.6 Å². The van der Waals surface area contributed by atoms with Crippen LogP contribution in [0.5, 0.6) is 0 Å². The van der Waals surface area contributed by atoms with Crippen molar-refractivity contribution in [3.8, 4) is 0 Å². The number of benzene rings is 2. The van der Waals surface area contributed by atoms with Gasteiger partial charge >= 0.3 is 0 Å². The van der Waals surface area contributed by atoms with Crippen LogP contribution in [0.1, 0.15) is 42.0 Å². The van der Waals surface area contributed by atoms with E-state index in [-0.39, 0.29) is 12.0 Å². The summed E-state index contributed by atoms with van der Waals surface area (Å²) in [6, 6.07) is 12.6. The highest BCUT2D eigenvalue weighted by molar-refractivity contribution is 7.22. The number of aryl methyl sites for hydroxylation is 3. The molecule has 1 saturated heterocycles. The Balaban J connectivity index is 1.63. The van der Waals surface area contributed by atoms with E-state index in [2.05, 4.69) is 57.2 Å². The van der Waals surface area contributed by atoms with Gasteiger partial charge in [0.25, 0.3) is 0 Å². The topological polar surface area (TPSA) is 42.4 Å². The quantitative estimate of drug-likeness (QED) is 0.561. The molecule has 2 aromatic carbocycles. The summed E-state index contributed by atoms with van der Waals surface area (Å²) >= 11 is 1.61. The molecule has 1 unspecified atom stereocenters. The first-order chi connectivity index (χ1) is 14.0. The molecule has 1 aliphatic heterocycles. The lowest BCUT2D eigenvalue weighted by Gasteiger charge is -2.23. The first-order valence-corrected chi connectivity index (χ1v) is 11.2. The molecule has 0 aliphatic carbocycles. The van der Waals surface area contributed by atoms with E-state index in [0.717, 1.165) is 46.8 Å². The monoisotopic (exact) mass is 408 g/mol. The molecule has 4 nitrogen and oxygen atoms in total. The number of carbonyl (C=O) groups is 1. The van der Waals surface area contributed by atoms with Gasteiger partial charge in [-0.1, -0.05) is 48.6 Å². The van der Waals surface area contributed by atoms with Gasteiger partial charge in [-0.15, -0.1) is 0 Å². The Morgan fingerprint density at radius 2 is 1.97 bits per heavy atom. The van der Waals surface area contributed by atoms with Crippen LogP contribution in [-0.4, -0.2) is 30.1 Å². The molecule has 2 heterocycles. The number of hydrogen-bond donors (Lipinski definition) is 0. The average molecular weight is 409 g/mol. The molecule has 0 saturated carbocycles. The third-order valence-corrected chi connectivity index (χ3v) is 6.77. The van der Waals surface area contributed by atoms with E-state index in [4.69, 9.17) is 9.72 Å². The van der Waals surface area contributed by atoms with Gasteiger partial charge in [0.1, 0.15) is 0 Å². The van der Waals surface area contributed by atoms with Crippen LogP contribution in [0.4, 0.5) is 5.13 Å². The lowest BCUT2D eigenvalue weighted by atomic mass is 10.1. The number of amides is 1. The third kappa shape index (κ3) is 4.51. The molecule has 0 spiro atoms. The van der Waals surface area contributed by atoms with Crippen molar-refractivity contribution in [1.82, 2.24) is 4.98 Å². The first-order valence-electron chi connectivity index (χ1n) is 10.4. The van der Waals surface area contributed by atoms with Crippen LogP contribution in [0.2, 0.25) is 0 Å². The predicted molar refractivity (Wildman–Crippen MR) is 120 cm³/mol. The molecule has 3 aromatic rings. The third-order valence-electron chi connectivity index (χ3n) is 5.54. The van der Waals surface area contributed by atoms with E-state index < -0.39 is 0 Å². The van der Waals surface area contributed by atoms with E-state index in [1.54, 1.807) is 11.3 Å². The number of ether oxygens (including phenoxy) is 1. The molecule has 1 amide bonds. The summed E-state index contributed by atoms with van der Waals surface area (Å²) in [5, 5.41) is 0.777. The Hall–Kier alpha value is -2.24. The lowest BCUT2D eigenvalue weighted by Crippen LogP contribution is -2.38. The Labute approximate surface area is 176 Å². The van der Waals surface area contributed by atoms with Crippen LogP contribution in [0.25, 0.3) is 10.2 Å². The van der Waals surface area contributed by atoms with Crippen molar-refractivity contribution >= 4 is 32.6 Å². The number of anilines is 1. The lowest BCUT2D eigenvalue weighted by molar-refractivity contribution is -0.118. The van der Waals surface area contributed by atoms with Gasteiger partial charge in [-0.2, -0.15) is 0 Å². The van der Waals surface area contributed by atoms with E-state index in [1.807, 2.05) is 4.90 Å².